The van der Waals surface area contributed by atoms with Gasteiger partial charge in [0.15, 0.2) is 0 Å². The second kappa shape index (κ2) is 8.93. The molecule has 0 bridgehead atoms. The topological polar surface area (TPSA) is 45.2 Å². The lowest BCUT2D eigenvalue weighted by atomic mass is 10.1. The van der Waals surface area contributed by atoms with Crippen molar-refractivity contribution in [2.75, 3.05) is 12.4 Å². The standard InChI is InChI=1S/C22H25N3OS/c1-16-8-10-19(11-9-16)23-21(26)12-22-24-20(15-27-22)14-25(3)13-18-7-5-4-6-17(18)2/h4-11,15H,12-14H2,1-3H3,(H,23,26). The van der Waals surface area contributed by atoms with Gasteiger partial charge in [-0.1, -0.05) is 42.0 Å². The molecule has 3 rings (SSSR count). The Bertz CT molecular complexity index is 902. The van der Waals surface area contributed by atoms with E-state index in [0.717, 1.165) is 29.5 Å². The SMILES string of the molecule is Cc1ccc(NC(=O)Cc2nc(CN(C)Cc3ccccc3C)cs2)cc1. The summed E-state index contributed by atoms with van der Waals surface area (Å²) in [5.41, 5.74) is 5.63. The Kier molecular flexibility index (Phi) is 6.37. The molecular formula is C22H25N3OS. The number of carbonyl (C=O) groups excluding carboxylic acids is 1. The summed E-state index contributed by atoms with van der Waals surface area (Å²) >= 11 is 1.54. The van der Waals surface area contributed by atoms with Gasteiger partial charge in [-0.3, -0.25) is 9.69 Å². The Morgan fingerprint density at radius 2 is 1.81 bits per heavy atom. The summed E-state index contributed by atoms with van der Waals surface area (Å²) in [4.78, 5) is 19.1. The summed E-state index contributed by atoms with van der Waals surface area (Å²) in [6, 6.07) is 16.2. The minimum atomic E-state index is -0.0342. The highest BCUT2D eigenvalue weighted by atomic mass is 32.1. The summed E-state index contributed by atoms with van der Waals surface area (Å²) in [7, 11) is 2.09. The molecule has 1 amide bonds. The summed E-state index contributed by atoms with van der Waals surface area (Å²) in [6.07, 6.45) is 0.306. The third-order valence-electron chi connectivity index (χ3n) is 4.38. The van der Waals surface area contributed by atoms with Gasteiger partial charge in [-0.2, -0.15) is 0 Å². The fourth-order valence-electron chi connectivity index (χ4n) is 2.89. The number of nitrogens with one attached hydrogen (secondary N) is 1. The monoisotopic (exact) mass is 379 g/mol. The first-order chi connectivity index (χ1) is 13.0. The Labute approximate surface area is 164 Å². The first-order valence-corrected chi connectivity index (χ1v) is 9.90. The number of aromatic nitrogens is 1. The maximum absolute atomic E-state index is 12.2. The molecule has 0 spiro atoms. The maximum atomic E-state index is 12.2. The second-order valence-corrected chi connectivity index (χ2v) is 7.86. The van der Waals surface area contributed by atoms with E-state index in [4.69, 9.17) is 0 Å². The predicted octanol–water partition coefficient (Wildman–Crippen LogP) is 4.57. The second-order valence-electron chi connectivity index (χ2n) is 6.92. The van der Waals surface area contributed by atoms with Crippen molar-refractivity contribution < 1.29 is 4.79 Å². The van der Waals surface area contributed by atoms with Crippen LogP contribution in [0.2, 0.25) is 0 Å². The van der Waals surface area contributed by atoms with Crippen molar-refractivity contribution in [3.05, 3.63) is 81.3 Å². The molecule has 140 valence electrons. The molecular weight excluding hydrogens is 354 g/mol. The predicted molar refractivity (Wildman–Crippen MR) is 112 cm³/mol. The summed E-state index contributed by atoms with van der Waals surface area (Å²) in [6.45, 7) is 5.81. The number of anilines is 1. The molecule has 0 unspecified atom stereocenters. The van der Waals surface area contributed by atoms with Gasteiger partial charge in [-0.15, -0.1) is 11.3 Å². The van der Waals surface area contributed by atoms with Crippen molar-refractivity contribution >= 4 is 22.9 Å². The number of aryl methyl sites for hydroxylation is 2. The lowest BCUT2D eigenvalue weighted by Gasteiger charge is -2.16. The molecule has 1 N–H and O–H groups in total. The summed E-state index contributed by atoms with van der Waals surface area (Å²) < 4.78 is 0. The van der Waals surface area contributed by atoms with Gasteiger partial charge in [0, 0.05) is 24.2 Å². The van der Waals surface area contributed by atoms with E-state index in [2.05, 4.69) is 53.4 Å². The van der Waals surface area contributed by atoms with Gasteiger partial charge in [-0.25, -0.2) is 4.98 Å². The van der Waals surface area contributed by atoms with E-state index < -0.39 is 0 Å². The molecule has 3 aromatic rings. The lowest BCUT2D eigenvalue weighted by Crippen LogP contribution is -2.18. The first kappa shape index (κ1) is 19.3. The minimum absolute atomic E-state index is 0.0342. The highest BCUT2D eigenvalue weighted by molar-refractivity contribution is 7.09. The van der Waals surface area contributed by atoms with Gasteiger partial charge in [0.25, 0.3) is 0 Å². The van der Waals surface area contributed by atoms with Gasteiger partial charge in [0.2, 0.25) is 5.91 Å². The molecule has 0 aliphatic rings. The number of hydrogen-bond acceptors (Lipinski definition) is 4. The van der Waals surface area contributed by atoms with Gasteiger partial charge in [0.1, 0.15) is 5.01 Å². The summed E-state index contributed by atoms with van der Waals surface area (Å²) in [5, 5.41) is 5.81. The van der Waals surface area contributed by atoms with E-state index >= 15 is 0 Å². The molecule has 1 heterocycles. The van der Waals surface area contributed by atoms with E-state index in [-0.39, 0.29) is 5.91 Å². The zero-order valence-corrected chi connectivity index (χ0v) is 16.8. The maximum Gasteiger partial charge on any atom is 0.231 e. The molecule has 1 aromatic heterocycles. The van der Waals surface area contributed by atoms with Crippen LogP contribution in [0.3, 0.4) is 0 Å². The van der Waals surface area contributed by atoms with Gasteiger partial charge >= 0.3 is 0 Å². The third-order valence-corrected chi connectivity index (χ3v) is 5.28. The average molecular weight is 380 g/mol. The van der Waals surface area contributed by atoms with Crippen LogP contribution in [-0.2, 0) is 24.3 Å². The fraction of sp³-hybridized carbons (Fsp3) is 0.273. The minimum Gasteiger partial charge on any atom is -0.326 e. The first-order valence-electron chi connectivity index (χ1n) is 9.02. The number of benzene rings is 2. The van der Waals surface area contributed by atoms with Gasteiger partial charge in [0.05, 0.1) is 12.1 Å². The van der Waals surface area contributed by atoms with Crippen LogP contribution in [0.1, 0.15) is 27.4 Å². The number of thiazole rings is 1. The highest BCUT2D eigenvalue weighted by Gasteiger charge is 2.10. The van der Waals surface area contributed by atoms with Crippen molar-refractivity contribution in [2.45, 2.75) is 33.4 Å². The van der Waals surface area contributed by atoms with Crippen molar-refractivity contribution in [3.8, 4) is 0 Å². The van der Waals surface area contributed by atoms with Crippen LogP contribution in [0, 0.1) is 13.8 Å². The molecule has 0 aliphatic carbocycles. The van der Waals surface area contributed by atoms with Crippen LogP contribution >= 0.6 is 11.3 Å². The molecule has 27 heavy (non-hydrogen) atoms. The molecule has 0 atom stereocenters. The Morgan fingerprint density at radius 1 is 1.07 bits per heavy atom. The molecule has 5 heteroatoms. The Morgan fingerprint density at radius 3 is 2.56 bits per heavy atom. The smallest absolute Gasteiger partial charge is 0.231 e. The van der Waals surface area contributed by atoms with E-state index in [1.807, 2.05) is 36.6 Å². The van der Waals surface area contributed by atoms with Crippen LogP contribution in [0.5, 0.6) is 0 Å². The number of carbonyl (C=O) groups is 1. The molecule has 0 fully saturated rings. The van der Waals surface area contributed by atoms with E-state index in [1.54, 1.807) is 11.3 Å². The number of hydrogen-bond donors (Lipinski definition) is 1. The molecule has 2 aromatic carbocycles. The zero-order chi connectivity index (χ0) is 19.2. The highest BCUT2D eigenvalue weighted by Crippen LogP contribution is 2.16. The van der Waals surface area contributed by atoms with Crippen molar-refractivity contribution in [1.82, 2.24) is 9.88 Å². The molecule has 4 nitrogen and oxygen atoms in total. The third kappa shape index (κ3) is 5.74. The molecule has 0 radical (unpaired) electrons. The zero-order valence-electron chi connectivity index (χ0n) is 16.0. The van der Waals surface area contributed by atoms with Crippen molar-refractivity contribution in [1.29, 1.82) is 0 Å². The van der Waals surface area contributed by atoms with E-state index in [0.29, 0.717) is 6.42 Å². The van der Waals surface area contributed by atoms with Crippen LogP contribution in [0.4, 0.5) is 5.69 Å². The van der Waals surface area contributed by atoms with Crippen molar-refractivity contribution in [3.63, 3.8) is 0 Å². The Hall–Kier alpha value is -2.50. The van der Waals surface area contributed by atoms with Crippen molar-refractivity contribution in [2.24, 2.45) is 0 Å². The van der Waals surface area contributed by atoms with Gasteiger partial charge in [-0.05, 0) is 44.2 Å². The molecule has 0 aliphatic heterocycles. The normalized spacial score (nSPS) is 11.0. The fourth-order valence-corrected chi connectivity index (χ4v) is 3.68. The van der Waals surface area contributed by atoms with Crippen LogP contribution in [0.15, 0.2) is 53.9 Å². The molecule has 0 saturated heterocycles. The number of nitrogens with zero attached hydrogens (tertiary/aromatic N) is 2. The number of rotatable bonds is 7. The van der Waals surface area contributed by atoms with E-state index in [9.17, 15) is 4.79 Å². The van der Waals surface area contributed by atoms with E-state index in [1.165, 1.54) is 16.7 Å². The van der Waals surface area contributed by atoms with Crippen LogP contribution < -0.4 is 5.32 Å². The Balaban J connectivity index is 1.52. The van der Waals surface area contributed by atoms with Gasteiger partial charge < -0.3 is 5.32 Å². The van der Waals surface area contributed by atoms with Crippen LogP contribution in [-0.4, -0.2) is 22.8 Å². The average Bonchev–Trinajstić information content (AvgIpc) is 3.05. The largest absolute Gasteiger partial charge is 0.326 e. The summed E-state index contributed by atoms with van der Waals surface area (Å²) in [5.74, 6) is -0.0342. The quantitative estimate of drug-likeness (QED) is 0.654. The number of amides is 1. The molecule has 0 saturated carbocycles. The lowest BCUT2D eigenvalue weighted by molar-refractivity contribution is -0.115. The van der Waals surface area contributed by atoms with Crippen LogP contribution in [0.25, 0.3) is 0 Å².